The molecular formula is C36H60N2O3. The second-order valence-electron chi connectivity index (χ2n) is 11.5. The summed E-state index contributed by atoms with van der Waals surface area (Å²) in [5.74, 6) is -0.501. The molecule has 0 bridgehead atoms. The van der Waals surface area contributed by atoms with Crippen molar-refractivity contribution in [1.29, 1.82) is 0 Å². The van der Waals surface area contributed by atoms with E-state index in [1.807, 2.05) is 6.07 Å². The fourth-order valence-corrected chi connectivity index (χ4v) is 5.22. The molecule has 2 N–H and O–H groups in total. The maximum absolute atomic E-state index is 12.7. The number of carbonyl (C=O) groups is 2. The van der Waals surface area contributed by atoms with E-state index in [0.717, 1.165) is 68.4 Å². The monoisotopic (exact) mass is 568 g/mol. The first-order valence-corrected chi connectivity index (χ1v) is 16.5. The average molecular weight is 569 g/mol. The molecule has 1 unspecified atom stereocenters. The van der Waals surface area contributed by atoms with Gasteiger partial charge >= 0.3 is 5.97 Å². The summed E-state index contributed by atoms with van der Waals surface area (Å²) in [6.45, 7) is 10.6. The number of benzene rings is 1. The first kappa shape index (κ1) is 36.6. The van der Waals surface area contributed by atoms with Crippen molar-refractivity contribution in [2.75, 3.05) is 18.4 Å². The molecule has 1 aliphatic rings. The van der Waals surface area contributed by atoms with Crippen LogP contribution in [-0.4, -0.2) is 41.0 Å². The molecule has 1 aromatic carbocycles. The van der Waals surface area contributed by atoms with Crippen LogP contribution < -0.4 is 5.32 Å². The van der Waals surface area contributed by atoms with Gasteiger partial charge in [0.1, 0.15) is 0 Å². The highest BCUT2D eigenvalue weighted by atomic mass is 16.4. The number of aliphatic carboxylic acids is 1. The smallest absolute Gasteiger partial charge is 0.303 e. The molecule has 0 aromatic heterocycles. The Bertz CT molecular complexity index is 873. The summed E-state index contributed by atoms with van der Waals surface area (Å²) in [5.41, 5.74) is 3.27. The van der Waals surface area contributed by atoms with Crippen molar-refractivity contribution < 1.29 is 14.7 Å². The molecule has 0 saturated carbocycles. The second-order valence-corrected chi connectivity index (χ2v) is 11.5. The number of anilines is 1. The molecule has 1 heterocycles. The molecule has 5 nitrogen and oxygen atoms in total. The van der Waals surface area contributed by atoms with Gasteiger partial charge in [-0.05, 0) is 95.9 Å². The number of nitrogens with zero attached hydrogens (tertiary/aromatic N) is 1. The van der Waals surface area contributed by atoms with Crippen LogP contribution in [0.2, 0.25) is 0 Å². The van der Waals surface area contributed by atoms with E-state index in [9.17, 15) is 9.59 Å². The number of unbranched alkanes of at least 4 members (excludes halogenated alkanes) is 9. The largest absolute Gasteiger partial charge is 0.481 e. The number of para-hydroxylation sites is 1. The minimum Gasteiger partial charge on any atom is -0.481 e. The highest BCUT2D eigenvalue weighted by Crippen LogP contribution is 2.23. The summed E-state index contributed by atoms with van der Waals surface area (Å²) in [4.78, 5) is 25.4. The number of aryl methyl sites for hydroxylation is 2. The van der Waals surface area contributed by atoms with Gasteiger partial charge in [0.2, 0.25) is 5.91 Å². The third-order valence-corrected chi connectivity index (χ3v) is 7.79. The third kappa shape index (κ3) is 17.9. The van der Waals surface area contributed by atoms with Crippen LogP contribution in [0.15, 0.2) is 42.5 Å². The Morgan fingerprint density at radius 3 is 2.10 bits per heavy atom. The molecule has 1 saturated heterocycles. The predicted octanol–water partition coefficient (Wildman–Crippen LogP) is 9.78. The number of carboxylic acid groups (broad SMARTS) is 1. The number of amides is 1. The van der Waals surface area contributed by atoms with E-state index < -0.39 is 5.97 Å². The Kier molecular flexibility index (Phi) is 21.6. The average Bonchev–Trinajstić information content (AvgIpc) is 2.96. The highest BCUT2D eigenvalue weighted by molar-refractivity contribution is 5.96. The van der Waals surface area contributed by atoms with Crippen LogP contribution in [0.4, 0.5) is 5.69 Å². The number of piperidine rings is 1. The minimum atomic E-state index is -0.671. The van der Waals surface area contributed by atoms with Gasteiger partial charge in [-0.15, -0.1) is 0 Å². The Labute approximate surface area is 251 Å². The molecule has 232 valence electrons. The number of allylic oxidation sites excluding steroid dienone is 4. The fourth-order valence-electron chi connectivity index (χ4n) is 5.22. The number of rotatable bonds is 19. The molecule has 0 radical (unpaired) electrons. The zero-order chi connectivity index (χ0) is 30.1. The lowest BCUT2D eigenvalue weighted by molar-refractivity contribution is -0.137. The van der Waals surface area contributed by atoms with Crippen molar-refractivity contribution in [2.24, 2.45) is 0 Å². The van der Waals surface area contributed by atoms with E-state index in [0.29, 0.717) is 6.42 Å². The summed E-state index contributed by atoms with van der Waals surface area (Å²) in [6, 6.07) is 6.19. The number of carbonyl (C=O) groups excluding carboxylic acids is 1. The molecule has 0 aliphatic carbocycles. The SMILES string of the molecule is CCCCC/C=C\C/C=C\CCCCCCCC(=O)O.CCCCN1CCCCC1C(=O)Nc1c(C)cccc1C. The topological polar surface area (TPSA) is 69.6 Å². The van der Waals surface area contributed by atoms with Gasteiger partial charge < -0.3 is 10.4 Å². The normalized spacial score (nSPS) is 15.7. The predicted molar refractivity (Wildman–Crippen MR) is 176 cm³/mol. The van der Waals surface area contributed by atoms with Crippen LogP contribution in [0.1, 0.15) is 134 Å². The van der Waals surface area contributed by atoms with Crippen LogP contribution in [0, 0.1) is 13.8 Å². The van der Waals surface area contributed by atoms with Crippen molar-refractivity contribution in [1.82, 2.24) is 4.90 Å². The van der Waals surface area contributed by atoms with Crippen molar-refractivity contribution in [3.05, 3.63) is 53.6 Å². The Morgan fingerprint density at radius 1 is 0.854 bits per heavy atom. The molecule has 1 fully saturated rings. The van der Waals surface area contributed by atoms with E-state index >= 15 is 0 Å². The molecular weight excluding hydrogens is 508 g/mol. The van der Waals surface area contributed by atoms with E-state index in [-0.39, 0.29) is 11.9 Å². The van der Waals surface area contributed by atoms with Crippen LogP contribution in [0.5, 0.6) is 0 Å². The minimum absolute atomic E-state index is 0.0457. The molecule has 1 aromatic rings. The van der Waals surface area contributed by atoms with Gasteiger partial charge in [-0.1, -0.05) is 101 Å². The van der Waals surface area contributed by atoms with Gasteiger partial charge in [0, 0.05) is 12.1 Å². The Morgan fingerprint density at radius 2 is 1.46 bits per heavy atom. The van der Waals surface area contributed by atoms with Crippen molar-refractivity contribution in [3.8, 4) is 0 Å². The molecule has 1 aliphatic heterocycles. The molecule has 5 heteroatoms. The number of hydrogen-bond donors (Lipinski definition) is 2. The molecule has 1 amide bonds. The van der Waals surface area contributed by atoms with E-state index in [2.05, 4.69) is 74.3 Å². The summed E-state index contributed by atoms with van der Waals surface area (Å²) >= 11 is 0. The van der Waals surface area contributed by atoms with Crippen LogP contribution in [0.25, 0.3) is 0 Å². The number of nitrogens with one attached hydrogen (secondary N) is 1. The summed E-state index contributed by atoms with van der Waals surface area (Å²) in [7, 11) is 0. The summed E-state index contributed by atoms with van der Waals surface area (Å²) < 4.78 is 0. The van der Waals surface area contributed by atoms with Gasteiger partial charge in [-0.3, -0.25) is 14.5 Å². The van der Waals surface area contributed by atoms with Crippen molar-refractivity contribution in [2.45, 2.75) is 143 Å². The maximum atomic E-state index is 12.7. The molecule has 41 heavy (non-hydrogen) atoms. The molecule has 1 atom stereocenters. The molecule has 0 spiro atoms. The van der Waals surface area contributed by atoms with E-state index in [1.54, 1.807) is 0 Å². The standard InChI is InChI=1S/C18H28N2O.C18H32O2/c1-4-5-12-20-13-7-6-11-16(20)18(21)19-17-14(2)9-8-10-15(17)3;1-2-3-4-5-6-7-8-9-10-11-12-13-14-15-16-17-18(19)20/h8-10,16H,4-7,11-13H2,1-3H3,(H,19,21);6-7,9-10H,2-5,8,11-17H2,1H3,(H,19,20)/b;7-6-,10-9-. The van der Waals surface area contributed by atoms with Gasteiger partial charge in [0.15, 0.2) is 0 Å². The van der Waals surface area contributed by atoms with Crippen LogP contribution >= 0.6 is 0 Å². The van der Waals surface area contributed by atoms with E-state index in [1.165, 1.54) is 64.2 Å². The van der Waals surface area contributed by atoms with Gasteiger partial charge in [-0.25, -0.2) is 0 Å². The number of hydrogen-bond acceptors (Lipinski definition) is 3. The van der Waals surface area contributed by atoms with Crippen LogP contribution in [0.3, 0.4) is 0 Å². The fraction of sp³-hybridized carbons (Fsp3) is 0.667. The lowest BCUT2D eigenvalue weighted by atomic mass is 10.00. The second kappa shape index (κ2) is 24.2. The Hall–Kier alpha value is -2.40. The van der Waals surface area contributed by atoms with Crippen molar-refractivity contribution >= 4 is 17.6 Å². The lowest BCUT2D eigenvalue weighted by Gasteiger charge is -2.34. The molecule has 2 rings (SSSR count). The Balaban J connectivity index is 0.000000411. The number of likely N-dealkylation sites (tertiary alicyclic amines) is 1. The lowest BCUT2D eigenvalue weighted by Crippen LogP contribution is -2.47. The third-order valence-electron chi connectivity index (χ3n) is 7.79. The zero-order valence-electron chi connectivity index (χ0n) is 26.8. The van der Waals surface area contributed by atoms with Crippen molar-refractivity contribution in [3.63, 3.8) is 0 Å². The zero-order valence-corrected chi connectivity index (χ0v) is 26.8. The van der Waals surface area contributed by atoms with Gasteiger partial charge in [0.05, 0.1) is 6.04 Å². The van der Waals surface area contributed by atoms with Gasteiger partial charge in [0.25, 0.3) is 0 Å². The first-order valence-electron chi connectivity index (χ1n) is 16.5. The summed E-state index contributed by atoms with van der Waals surface area (Å²) in [6.07, 6.45) is 28.0. The van der Waals surface area contributed by atoms with Gasteiger partial charge in [-0.2, -0.15) is 0 Å². The summed E-state index contributed by atoms with van der Waals surface area (Å²) in [5, 5.41) is 11.7. The number of carboxylic acids is 1. The van der Waals surface area contributed by atoms with E-state index in [4.69, 9.17) is 5.11 Å². The highest BCUT2D eigenvalue weighted by Gasteiger charge is 2.28. The first-order chi connectivity index (χ1) is 19.9. The quantitative estimate of drug-likeness (QED) is 0.129. The van der Waals surface area contributed by atoms with Crippen LogP contribution in [-0.2, 0) is 9.59 Å². The maximum Gasteiger partial charge on any atom is 0.303 e.